The monoisotopic (exact) mass is 434 g/mol. The van der Waals surface area contributed by atoms with Gasteiger partial charge in [0, 0.05) is 5.39 Å². The highest BCUT2D eigenvalue weighted by atomic mass is 127. The number of hydrogen-bond donors (Lipinski definition) is 0. The quantitative estimate of drug-likeness (QED) is 0.455. The molecule has 24 heavy (non-hydrogen) atoms. The number of ketones is 1. The normalized spacial score (nSPS) is 10.8. The summed E-state index contributed by atoms with van der Waals surface area (Å²) in [4.78, 5) is 23.7. The molecule has 0 unspecified atom stereocenters. The molecule has 0 saturated carbocycles. The second-order valence-electron chi connectivity index (χ2n) is 5.44. The number of hydrogen-bond acceptors (Lipinski definition) is 4. The van der Waals surface area contributed by atoms with Gasteiger partial charge < -0.3 is 4.74 Å². The predicted molar refractivity (Wildman–Crippen MR) is 98.7 cm³/mol. The average Bonchev–Trinajstić information content (AvgIpc) is 2.88. The summed E-state index contributed by atoms with van der Waals surface area (Å²) in [5.74, 6) is -0.390. The van der Waals surface area contributed by atoms with Crippen molar-refractivity contribution in [3.05, 3.63) is 63.4 Å². The third-order valence-corrected chi connectivity index (χ3v) is 4.32. The third kappa shape index (κ3) is 3.64. The second kappa shape index (κ2) is 7.12. The zero-order chi connectivity index (χ0) is 17.1. The lowest BCUT2D eigenvalue weighted by molar-refractivity contribution is -0.117. The van der Waals surface area contributed by atoms with Crippen molar-refractivity contribution in [1.82, 2.24) is 9.78 Å². The van der Waals surface area contributed by atoms with Crippen LogP contribution in [0.4, 0.5) is 0 Å². The van der Waals surface area contributed by atoms with E-state index in [0.29, 0.717) is 5.56 Å². The van der Waals surface area contributed by atoms with Gasteiger partial charge in [-0.2, -0.15) is 5.10 Å². The fraction of sp³-hybridized carbons (Fsp3) is 0.167. The Morgan fingerprint density at radius 2 is 1.92 bits per heavy atom. The van der Waals surface area contributed by atoms with Crippen LogP contribution < -0.4 is 0 Å². The van der Waals surface area contributed by atoms with Crippen molar-refractivity contribution in [3.8, 4) is 0 Å². The molecule has 3 rings (SSSR count). The Labute approximate surface area is 152 Å². The van der Waals surface area contributed by atoms with Gasteiger partial charge in [-0.05, 0) is 53.3 Å². The van der Waals surface area contributed by atoms with Crippen LogP contribution in [0.25, 0.3) is 10.9 Å². The van der Waals surface area contributed by atoms with E-state index >= 15 is 0 Å². The number of ether oxygens (including phenoxy) is 1. The maximum absolute atomic E-state index is 12.3. The Morgan fingerprint density at radius 3 is 2.62 bits per heavy atom. The minimum atomic E-state index is -0.397. The number of Topliss-reactive ketones (excluding diaryl/α,β-unsaturated/α-hetero) is 1. The molecule has 0 aliphatic carbocycles. The summed E-state index contributed by atoms with van der Waals surface area (Å²) in [6.07, 6.45) is 0. The van der Waals surface area contributed by atoms with E-state index in [-0.39, 0.29) is 18.9 Å². The molecule has 3 aromatic rings. The predicted octanol–water partition coefficient (Wildman–Crippen LogP) is 3.59. The van der Waals surface area contributed by atoms with Crippen LogP contribution in [-0.4, -0.2) is 21.5 Å². The zero-order valence-corrected chi connectivity index (χ0v) is 15.2. The first-order valence-corrected chi connectivity index (χ1v) is 8.49. The van der Waals surface area contributed by atoms with E-state index in [1.54, 1.807) is 16.8 Å². The van der Waals surface area contributed by atoms with Crippen LogP contribution in [0.2, 0.25) is 0 Å². The largest absolute Gasteiger partial charge is 0.457 e. The van der Waals surface area contributed by atoms with Gasteiger partial charge in [0.2, 0.25) is 0 Å². The summed E-state index contributed by atoms with van der Waals surface area (Å²) in [7, 11) is 0. The van der Waals surface area contributed by atoms with Crippen molar-refractivity contribution in [2.24, 2.45) is 0 Å². The molecule has 0 atom stereocenters. The third-order valence-electron chi connectivity index (χ3n) is 3.53. The number of carbonyl (C=O) groups is 2. The number of aromatic nitrogens is 2. The van der Waals surface area contributed by atoms with Gasteiger partial charge in [-0.3, -0.25) is 9.48 Å². The summed E-state index contributed by atoms with van der Waals surface area (Å²) >= 11 is 2.12. The number of esters is 1. The van der Waals surface area contributed by atoms with Crippen LogP contribution in [0.15, 0.2) is 48.5 Å². The first-order chi connectivity index (χ1) is 11.5. The summed E-state index contributed by atoms with van der Waals surface area (Å²) in [6.45, 7) is 1.92. The van der Waals surface area contributed by atoms with Crippen LogP contribution >= 0.6 is 22.6 Å². The number of fused-ring (bicyclic) bond motifs is 1. The number of benzene rings is 2. The smallest absolute Gasteiger partial charge is 0.338 e. The van der Waals surface area contributed by atoms with E-state index in [1.807, 2.05) is 36.4 Å². The Hall–Kier alpha value is -2.22. The van der Waals surface area contributed by atoms with E-state index in [2.05, 4.69) is 27.7 Å². The molecule has 122 valence electrons. The maximum atomic E-state index is 12.3. The van der Waals surface area contributed by atoms with Crippen molar-refractivity contribution >= 4 is 45.2 Å². The fourth-order valence-corrected chi connectivity index (χ4v) is 3.11. The van der Waals surface area contributed by atoms with E-state index in [1.165, 1.54) is 6.92 Å². The van der Waals surface area contributed by atoms with Gasteiger partial charge in [0.15, 0.2) is 5.78 Å². The van der Waals surface area contributed by atoms with Crippen molar-refractivity contribution in [1.29, 1.82) is 0 Å². The van der Waals surface area contributed by atoms with Crippen LogP contribution in [0.1, 0.15) is 22.8 Å². The number of rotatable bonds is 5. The molecule has 1 heterocycles. The lowest BCUT2D eigenvalue weighted by Crippen LogP contribution is -2.09. The Kier molecular flexibility index (Phi) is 4.94. The molecule has 0 saturated heterocycles. The van der Waals surface area contributed by atoms with Crippen molar-refractivity contribution in [2.75, 3.05) is 0 Å². The number of carbonyl (C=O) groups excluding carboxylic acids is 2. The lowest BCUT2D eigenvalue weighted by atomic mass is 10.1. The Morgan fingerprint density at radius 1 is 1.17 bits per heavy atom. The van der Waals surface area contributed by atoms with E-state index in [4.69, 9.17) is 4.74 Å². The standard InChI is InChI=1S/C18H15IN2O3/c1-12(22)10-21-16-9-14(7-8-15(16)17(19)20-21)18(23)24-11-13-5-3-2-4-6-13/h2-9H,10-11H2,1H3. The zero-order valence-electron chi connectivity index (χ0n) is 13.0. The van der Waals surface area contributed by atoms with Crippen molar-refractivity contribution in [2.45, 2.75) is 20.1 Å². The maximum Gasteiger partial charge on any atom is 0.338 e. The van der Waals surface area contributed by atoms with Gasteiger partial charge in [0.1, 0.15) is 10.3 Å². The number of nitrogens with zero attached hydrogens (tertiary/aromatic N) is 2. The molecule has 0 aliphatic rings. The van der Waals surface area contributed by atoms with E-state index in [0.717, 1.165) is 20.2 Å². The molecule has 0 N–H and O–H groups in total. The van der Waals surface area contributed by atoms with E-state index < -0.39 is 5.97 Å². The summed E-state index contributed by atoms with van der Waals surface area (Å²) in [5, 5.41) is 5.27. The van der Waals surface area contributed by atoms with Gasteiger partial charge in [-0.1, -0.05) is 30.3 Å². The van der Waals surface area contributed by atoms with Crippen LogP contribution in [0, 0.1) is 3.70 Å². The Bertz CT molecular complexity index is 903. The summed E-state index contributed by atoms with van der Waals surface area (Å²) in [5.41, 5.74) is 2.13. The summed E-state index contributed by atoms with van der Waals surface area (Å²) < 4.78 is 7.77. The molecule has 0 radical (unpaired) electrons. The molecule has 1 aromatic heterocycles. The molecule has 6 heteroatoms. The van der Waals surface area contributed by atoms with Crippen molar-refractivity contribution < 1.29 is 14.3 Å². The molecule has 0 fully saturated rings. The molecule has 0 amide bonds. The van der Waals surface area contributed by atoms with Gasteiger partial charge in [-0.25, -0.2) is 4.79 Å². The minimum absolute atomic E-state index is 0.00728. The number of halogens is 1. The molecule has 0 bridgehead atoms. The highest BCUT2D eigenvalue weighted by Crippen LogP contribution is 2.22. The highest BCUT2D eigenvalue weighted by molar-refractivity contribution is 14.1. The minimum Gasteiger partial charge on any atom is -0.457 e. The van der Waals surface area contributed by atoms with Crippen LogP contribution in [0.5, 0.6) is 0 Å². The average molecular weight is 434 g/mol. The first-order valence-electron chi connectivity index (χ1n) is 7.41. The van der Waals surface area contributed by atoms with Crippen molar-refractivity contribution in [3.63, 3.8) is 0 Å². The van der Waals surface area contributed by atoms with Gasteiger partial charge >= 0.3 is 5.97 Å². The first kappa shape index (κ1) is 16.6. The SMILES string of the molecule is CC(=O)Cn1nc(I)c2ccc(C(=O)OCc3ccccc3)cc21. The molecule has 5 nitrogen and oxygen atoms in total. The molecular formula is C18H15IN2O3. The van der Waals surface area contributed by atoms with Gasteiger partial charge in [0.25, 0.3) is 0 Å². The summed E-state index contributed by atoms with van der Waals surface area (Å²) in [6, 6.07) is 14.8. The second-order valence-corrected chi connectivity index (χ2v) is 6.47. The van der Waals surface area contributed by atoms with Gasteiger partial charge in [0.05, 0.1) is 17.6 Å². The molecule has 0 spiro atoms. The van der Waals surface area contributed by atoms with Crippen LogP contribution in [0.3, 0.4) is 0 Å². The molecular weight excluding hydrogens is 419 g/mol. The fourth-order valence-electron chi connectivity index (χ4n) is 2.40. The van der Waals surface area contributed by atoms with Crippen LogP contribution in [-0.2, 0) is 22.7 Å². The lowest BCUT2D eigenvalue weighted by Gasteiger charge is -2.06. The topological polar surface area (TPSA) is 61.2 Å². The Balaban J connectivity index is 1.84. The highest BCUT2D eigenvalue weighted by Gasteiger charge is 2.14. The molecule has 0 aliphatic heterocycles. The van der Waals surface area contributed by atoms with E-state index in [9.17, 15) is 9.59 Å². The molecule has 2 aromatic carbocycles. The van der Waals surface area contributed by atoms with Gasteiger partial charge in [-0.15, -0.1) is 0 Å².